The van der Waals surface area contributed by atoms with E-state index in [1.54, 1.807) is 26.5 Å². The molecule has 4 heterocycles. The lowest BCUT2D eigenvalue weighted by Crippen LogP contribution is -2.52. The molecule has 4 aromatic rings. The molecule has 1 aromatic heterocycles. The molecule has 3 aliphatic heterocycles. The first-order valence-corrected chi connectivity index (χ1v) is 21.1. The first-order valence-electron chi connectivity index (χ1n) is 18.1. The van der Waals surface area contributed by atoms with Crippen LogP contribution in [-0.2, 0) is 27.2 Å². The largest absolute Gasteiger partial charge is 0.494 e. The summed E-state index contributed by atoms with van der Waals surface area (Å²) in [6.45, 7) is 5.57. The Labute approximate surface area is 324 Å². The van der Waals surface area contributed by atoms with Crippen LogP contribution in [0, 0.1) is 5.82 Å². The average Bonchev–Trinajstić information content (AvgIpc) is 3.47. The maximum absolute atomic E-state index is 15.4. The summed E-state index contributed by atoms with van der Waals surface area (Å²) in [7, 11) is 1.02. The quantitative estimate of drug-likeness (QED) is 0.124. The summed E-state index contributed by atoms with van der Waals surface area (Å²) >= 11 is 6.45. The Kier molecular flexibility index (Phi) is 10.8. The smallest absolute Gasteiger partial charge is 0.255 e. The number of aromatic nitrogens is 2. The van der Waals surface area contributed by atoms with Gasteiger partial charge in [0.2, 0.25) is 17.8 Å². The van der Waals surface area contributed by atoms with Crippen LogP contribution < -0.4 is 30.9 Å². The number of methoxy groups -OCH3 is 1. The Hall–Kier alpha value is -5.04. The highest BCUT2D eigenvalue weighted by Gasteiger charge is 2.39. The van der Waals surface area contributed by atoms with Crippen LogP contribution in [0.2, 0.25) is 5.02 Å². The number of nitrogens with one attached hydrogen (secondary N) is 3. The molecule has 7 rings (SSSR count). The van der Waals surface area contributed by atoms with Crippen molar-refractivity contribution in [1.82, 2.24) is 25.1 Å². The molecule has 2 saturated heterocycles. The number of para-hydroxylation sites is 1. The molecule has 3 N–H and O–H groups in total. The third-order valence-corrected chi connectivity index (χ3v) is 12.3. The monoisotopic (exact) mass is 788 g/mol. The molecular formula is C39H43ClFN8O5P. The lowest BCUT2D eigenvalue weighted by molar-refractivity contribution is -0.136. The highest BCUT2D eigenvalue weighted by molar-refractivity contribution is 7.70. The predicted octanol–water partition coefficient (Wildman–Crippen LogP) is 5.87. The number of halogens is 2. The van der Waals surface area contributed by atoms with Gasteiger partial charge < -0.3 is 29.7 Å². The number of hydrogen-bond acceptors (Lipinski definition) is 11. The minimum atomic E-state index is -2.57. The van der Waals surface area contributed by atoms with Crippen LogP contribution >= 0.6 is 18.7 Å². The van der Waals surface area contributed by atoms with E-state index < -0.39 is 24.9 Å². The summed E-state index contributed by atoms with van der Waals surface area (Å²) in [6.07, 6.45) is 3.63. The molecule has 0 saturated carbocycles. The number of piperidine rings is 2. The molecule has 3 aliphatic rings. The highest BCUT2D eigenvalue weighted by Crippen LogP contribution is 2.39. The molecule has 2 fully saturated rings. The van der Waals surface area contributed by atoms with Crippen LogP contribution in [0.5, 0.6) is 5.75 Å². The van der Waals surface area contributed by atoms with Gasteiger partial charge >= 0.3 is 0 Å². The van der Waals surface area contributed by atoms with Crippen LogP contribution in [-0.4, -0.2) is 90.1 Å². The van der Waals surface area contributed by atoms with Gasteiger partial charge in [-0.25, -0.2) is 9.37 Å². The Morgan fingerprint density at radius 1 is 1.04 bits per heavy atom. The summed E-state index contributed by atoms with van der Waals surface area (Å²) in [4.78, 5) is 52.0. The fourth-order valence-corrected chi connectivity index (χ4v) is 8.81. The first kappa shape index (κ1) is 38.2. The minimum absolute atomic E-state index is 0.164. The normalized spacial score (nSPS) is 17.7. The number of rotatable bonds is 11. The van der Waals surface area contributed by atoms with Crippen LogP contribution in [0.4, 0.5) is 33.2 Å². The molecule has 3 aromatic carbocycles. The standard InChI is InChI=1S/C39H43ClFN8O5P/c1-47(21-24-17-23-22-49(38(52)27(23)19-29(24)41)32-11-12-35(50)45-37(32)51)25-13-15-48(16-14-25)26-9-10-30(33(18-26)54-2)44-39-42-20-28(40)36(46-39)43-31-7-5-6-8-34(31)55(3,4)53/h5-10,17-20,25,32H,11-16,21-22H2,1-4H3,(H,45,50,51)(H2,42,43,44,46). The van der Waals surface area contributed by atoms with E-state index in [2.05, 4.69) is 35.7 Å². The van der Waals surface area contributed by atoms with Gasteiger partial charge in [-0.3, -0.25) is 24.6 Å². The fourth-order valence-electron chi connectivity index (χ4n) is 7.52. The second kappa shape index (κ2) is 15.6. The van der Waals surface area contributed by atoms with Crippen LogP contribution in [0.15, 0.2) is 60.8 Å². The number of benzene rings is 3. The number of imide groups is 1. The molecule has 16 heteroatoms. The van der Waals surface area contributed by atoms with Crippen LogP contribution in [0.25, 0.3) is 0 Å². The second-order valence-corrected chi connectivity index (χ2v) is 18.1. The number of ether oxygens (including phenoxy) is 1. The van der Waals surface area contributed by atoms with Gasteiger partial charge in [-0.05, 0) is 81.6 Å². The van der Waals surface area contributed by atoms with E-state index >= 15 is 4.39 Å². The van der Waals surface area contributed by atoms with Gasteiger partial charge in [-0.15, -0.1) is 0 Å². The summed E-state index contributed by atoms with van der Waals surface area (Å²) in [5.74, 6) is -0.401. The molecule has 0 radical (unpaired) electrons. The Morgan fingerprint density at radius 2 is 1.80 bits per heavy atom. The van der Waals surface area contributed by atoms with Crippen molar-refractivity contribution in [1.29, 1.82) is 0 Å². The van der Waals surface area contributed by atoms with Gasteiger partial charge in [0.05, 0.1) is 24.7 Å². The molecule has 3 amide bonds. The van der Waals surface area contributed by atoms with E-state index in [-0.39, 0.29) is 42.8 Å². The van der Waals surface area contributed by atoms with Gasteiger partial charge in [-0.1, -0.05) is 23.7 Å². The van der Waals surface area contributed by atoms with E-state index in [1.807, 2.05) is 49.5 Å². The van der Waals surface area contributed by atoms with Crippen molar-refractivity contribution >= 4 is 70.6 Å². The molecule has 1 atom stereocenters. The van der Waals surface area contributed by atoms with Gasteiger partial charge in [0.25, 0.3) is 5.91 Å². The number of carbonyl (C=O) groups excluding carboxylic acids is 3. The molecule has 0 spiro atoms. The molecule has 13 nitrogen and oxygen atoms in total. The van der Waals surface area contributed by atoms with Crippen LogP contribution in [0.3, 0.4) is 0 Å². The zero-order valence-corrected chi connectivity index (χ0v) is 32.7. The topological polar surface area (TPSA) is 149 Å². The lowest BCUT2D eigenvalue weighted by Gasteiger charge is -2.38. The minimum Gasteiger partial charge on any atom is -0.494 e. The van der Waals surface area contributed by atoms with Gasteiger partial charge in [0.15, 0.2) is 5.82 Å². The maximum Gasteiger partial charge on any atom is 0.255 e. The zero-order valence-electron chi connectivity index (χ0n) is 31.1. The molecule has 1 unspecified atom stereocenters. The molecule has 55 heavy (non-hydrogen) atoms. The number of carbonyl (C=O) groups is 3. The summed E-state index contributed by atoms with van der Waals surface area (Å²) in [5, 5.41) is 9.76. The van der Waals surface area contributed by atoms with E-state index in [1.165, 1.54) is 17.2 Å². The Bertz CT molecular complexity index is 2210. The van der Waals surface area contributed by atoms with Crippen molar-refractivity contribution in [3.05, 3.63) is 88.3 Å². The SMILES string of the molecule is COc1cc(N2CCC(N(C)Cc3cc4c(cc3F)C(=O)N(C3CCC(=O)NC3=O)C4)CC2)ccc1Nc1ncc(Cl)c(Nc2ccccc2P(C)(C)=O)n1. The first-order chi connectivity index (χ1) is 26.3. The van der Waals surface area contributed by atoms with E-state index in [0.29, 0.717) is 56.9 Å². The van der Waals surface area contributed by atoms with Crippen molar-refractivity contribution in [2.45, 2.75) is 50.9 Å². The van der Waals surface area contributed by atoms with Crippen molar-refractivity contribution in [2.75, 3.05) is 56.1 Å². The van der Waals surface area contributed by atoms with Gasteiger partial charge in [-0.2, -0.15) is 4.98 Å². The number of hydrogen-bond donors (Lipinski definition) is 3. The zero-order chi connectivity index (χ0) is 39.0. The van der Waals surface area contributed by atoms with E-state index in [0.717, 1.165) is 31.6 Å². The average molecular weight is 789 g/mol. The second-order valence-electron chi connectivity index (χ2n) is 14.5. The van der Waals surface area contributed by atoms with Crippen molar-refractivity contribution < 1.29 is 28.1 Å². The highest BCUT2D eigenvalue weighted by atomic mass is 35.5. The van der Waals surface area contributed by atoms with Crippen molar-refractivity contribution in [3.8, 4) is 5.75 Å². The van der Waals surface area contributed by atoms with Gasteiger partial charge in [0.1, 0.15) is 29.8 Å². The third-order valence-electron chi connectivity index (χ3n) is 10.5. The predicted molar refractivity (Wildman–Crippen MR) is 211 cm³/mol. The Morgan fingerprint density at radius 3 is 2.53 bits per heavy atom. The van der Waals surface area contributed by atoms with Crippen molar-refractivity contribution in [3.63, 3.8) is 0 Å². The molecule has 0 aliphatic carbocycles. The van der Waals surface area contributed by atoms with Crippen molar-refractivity contribution in [2.24, 2.45) is 0 Å². The number of amides is 3. The Balaban J connectivity index is 0.969. The number of nitrogens with zero attached hydrogens (tertiary/aromatic N) is 5. The fraction of sp³-hybridized carbons (Fsp3) is 0.359. The summed E-state index contributed by atoms with van der Waals surface area (Å²) < 4.78 is 34.0. The van der Waals surface area contributed by atoms with Crippen LogP contribution in [0.1, 0.15) is 47.2 Å². The van der Waals surface area contributed by atoms with E-state index in [9.17, 15) is 18.9 Å². The third kappa shape index (κ3) is 8.17. The van der Waals surface area contributed by atoms with Gasteiger partial charge in [0, 0.05) is 66.8 Å². The number of anilines is 5. The summed E-state index contributed by atoms with van der Waals surface area (Å²) in [6, 6.07) is 15.8. The lowest BCUT2D eigenvalue weighted by atomic mass is 10.0. The van der Waals surface area contributed by atoms with E-state index in [4.69, 9.17) is 16.3 Å². The molecular weight excluding hydrogens is 746 g/mol. The summed E-state index contributed by atoms with van der Waals surface area (Å²) in [5.41, 5.74) is 3.78. The molecule has 0 bridgehead atoms. The number of fused-ring (bicyclic) bond motifs is 1. The molecule has 288 valence electrons. The maximum atomic E-state index is 15.4.